The lowest BCUT2D eigenvalue weighted by molar-refractivity contribution is 0.101. The molecule has 3 aromatic rings. The number of aromatic nitrogens is 3. The van der Waals surface area contributed by atoms with Crippen molar-refractivity contribution >= 4 is 23.2 Å². The molecule has 0 bridgehead atoms. The van der Waals surface area contributed by atoms with E-state index < -0.39 is 22.9 Å². The van der Waals surface area contributed by atoms with E-state index in [2.05, 4.69) is 10.4 Å². The maximum Gasteiger partial charge on any atom is 0.351 e. The highest BCUT2D eigenvalue weighted by Gasteiger charge is 2.20. The fraction of sp³-hybridized carbons (Fsp3) is 0.158. The Kier molecular flexibility index (Phi) is 5.32. The molecule has 2 aromatic carbocycles. The van der Waals surface area contributed by atoms with Crippen molar-refractivity contribution in [3.05, 3.63) is 79.6 Å². The lowest BCUT2D eigenvalue weighted by Crippen LogP contribution is -2.43. The molecular weight excluding hydrogens is 384 g/mol. The van der Waals surface area contributed by atoms with Crippen LogP contribution in [0.5, 0.6) is 5.75 Å². The van der Waals surface area contributed by atoms with Gasteiger partial charge in [-0.2, -0.15) is 9.78 Å². The van der Waals surface area contributed by atoms with Gasteiger partial charge in [-0.15, -0.1) is 0 Å². The van der Waals surface area contributed by atoms with Crippen molar-refractivity contribution in [2.45, 2.75) is 6.92 Å². The van der Waals surface area contributed by atoms with Gasteiger partial charge in [-0.3, -0.25) is 14.2 Å². The summed E-state index contributed by atoms with van der Waals surface area (Å²) < 4.78 is 7.02. The largest absolute Gasteiger partial charge is 0.495 e. The van der Waals surface area contributed by atoms with Crippen LogP contribution in [-0.2, 0) is 7.05 Å². The first-order valence-corrected chi connectivity index (χ1v) is 8.62. The molecule has 0 unspecified atom stereocenters. The number of carbonyl (C=O) groups is 1. The van der Waals surface area contributed by atoms with E-state index in [-0.39, 0.29) is 5.69 Å². The van der Waals surface area contributed by atoms with Crippen LogP contribution in [0.25, 0.3) is 5.69 Å². The predicted molar refractivity (Wildman–Crippen MR) is 106 cm³/mol. The highest BCUT2D eigenvalue weighted by molar-refractivity contribution is 6.31. The minimum Gasteiger partial charge on any atom is -0.495 e. The molecule has 0 fully saturated rings. The second kappa shape index (κ2) is 7.69. The first kappa shape index (κ1) is 19.4. The summed E-state index contributed by atoms with van der Waals surface area (Å²) in [6.45, 7) is 1.90. The molecule has 1 amide bonds. The van der Waals surface area contributed by atoms with Crippen LogP contribution < -0.4 is 21.3 Å². The van der Waals surface area contributed by atoms with E-state index in [0.717, 1.165) is 14.8 Å². The van der Waals surface area contributed by atoms with Gasteiger partial charge in [0.2, 0.25) is 5.69 Å². The van der Waals surface area contributed by atoms with Gasteiger partial charge in [0.15, 0.2) is 0 Å². The molecule has 1 N–H and O–H groups in total. The average Bonchev–Trinajstić information content (AvgIpc) is 2.67. The van der Waals surface area contributed by atoms with Crippen LogP contribution in [0.2, 0.25) is 5.02 Å². The number of rotatable bonds is 4. The number of nitrogens with zero attached hydrogens (tertiary/aromatic N) is 3. The smallest absolute Gasteiger partial charge is 0.351 e. The van der Waals surface area contributed by atoms with Gasteiger partial charge < -0.3 is 10.1 Å². The van der Waals surface area contributed by atoms with Gasteiger partial charge in [0.25, 0.3) is 11.5 Å². The van der Waals surface area contributed by atoms with E-state index in [1.807, 2.05) is 6.92 Å². The van der Waals surface area contributed by atoms with Crippen LogP contribution in [0, 0.1) is 6.92 Å². The molecule has 0 spiro atoms. The maximum absolute atomic E-state index is 12.7. The van der Waals surface area contributed by atoms with Crippen molar-refractivity contribution in [1.29, 1.82) is 0 Å². The Morgan fingerprint density at radius 1 is 1.14 bits per heavy atom. The zero-order valence-corrected chi connectivity index (χ0v) is 16.1. The van der Waals surface area contributed by atoms with E-state index in [1.54, 1.807) is 36.4 Å². The summed E-state index contributed by atoms with van der Waals surface area (Å²) >= 11 is 5.96. The topological polar surface area (TPSA) is 95.2 Å². The van der Waals surface area contributed by atoms with Crippen LogP contribution in [0.3, 0.4) is 0 Å². The van der Waals surface area contributed by atoms with Gasteiger partial charge in [0.1, 0.15) is 5.75 Å². The third-order valence-corrected chi connectivity index (χ3v) is 4.31. The molecule has 1 heterocycles. The molecule has 28 heavy (non-hydrogen) atoms. The number of aryl methyl sites for hydroxylation is 1. The van der Waals surface area contributed by atoms with Crippen molar-refractivity contribution in [3.63, 3.8) is 0 Å². The molecule has 0 saturated heterocycles. The number of ether oxygens (including phenoxy) is 1. The Morgan fingerprint density at radius 3 is 2.46 bits per heavy atom. The molecule has 8 nitrogen and oxygen atoms in total. The van der Waals surface area contributed by atoms with E-state index in [1.165, 1.54) is 20.2 Å². The van der Waals surface area contributed by atoms with E-state index in [4.69, 9.17) is 16.3 Å². The lowest BCUT2D eigenvalue weighted by atomic mass is 10.2. The van der Waals surface area contributed by atoms with Crippen molar-refractivity contribution < 1.29 is 9.53 Å². The minimum atomic E-state index is -0.813. The second-order valence-electron chi connectivity index (χ2n) is 6.04. The third kappa shape index (κ3) is 3.67. The summed E-state index contributed by atoms with van der Waals surface area (Å²) in [6.07, 6.45) is 0. The van der Waals surface area contributed by atoms with Crippen LogP contribution in [0.15, 0.2) is 52.1 Å². The van der Waals surface area contributed by atoms with Gasteiger partial charge in [-0.05, 0) is 37.3 Å². The first-order valence-electron chi connectivity index (χ1n) is 8.24. The molecule has 0 aliphatic rings. The number of hydrogen-bond donors (Lipinski definition) is 1. The number of halogens is 1. The molecule has 1 aromatic heterocycles. The van der Waals surface area contributed by atoms with E-state index >= 15 is 0 Å². The normalized spacial score (nSPS) is 10.6. The average molecular weight is 401 g/mol. The minimum absolute atomic E-state index is 0.275. The number of anilines is 1. The number of methoxy groups -OCH3 is 1. The summed E-state index contributed by atoms with van der Waals surface area (Å²) in [6, 6.07) is 11.6. The van der Waals surface area contributed by atoms with Crippen LogP contribution in [-0.4, -0.2) is 27.4 Å². The van der Waals surface area contributed by atoms with Crippen LogP contribution >= 0.6 is 11.6 Å². The monoisotopic (exact) mass is 400 g/mol. The molecule has 9 heteroatoms. The van der Waals surface area contributed by atoms with Crippen LogP contribution in [0.1, 0.15) is 16.1 Å². The Morgan fingerprint density at radius 2 is 1.82 bits per heavy atom. The SMILES string of the molecule is COc1ccc(Cl)cc1NC(=O)c1nn(-c2ccc(C)cc2)c(=O)n(C)c1=O. The zero-order chi connectivity index (χ0) is 20.4. The maximum atomic E-state index is 12.7. The molecule has 0 radical (unpaired) electrons. The molecule has 0 atom stereocenters. The summed E-state index contributed by atoms with van der Waals surface area (Å²) in [5.41, 5.74) is -0.215. The van der Waals surface area contributed by atoms with Crippen LogP contribution in [0.4, 0.5) is 5.69 Å². The number of amides is 1. The highest BCUT2D eigenvalue weighted by atomic mass is 35.5. The molecule has 0 aliphatic heterocycles. The first-order chi connectivity index (χ1) is 13.3. The standard InChI is InChI=1S/C19H17ClN4O4/c1-11-4-7-13(8-5-11)24-19(27)23(2)18(26)16(22-24)17(25)21-14-10-12(20)6-9-15(14)28-3/h4-10H,1-3H3,(H,21,25). The summed E-state index contributed by atoms with van der Waals surface area (Å²) in [5, 5.41) is 6.92. The third-order valence-electron chi connectivity index (χ3n) is 4.08. The van der Waals surface area contributed by atoms with Crippen molar-refractivity contribution in [1.82, 2.24) is 14.3 Å². The molecule has 0 saturated carbocycles. The van der Waals surface area contributed by atoms with Gasteiger partial charge in [-0.1, -0.05) is 29.3 Å². The zero-order valence-electron chi connectivity index (χ0n) is 15.4. The predicted octanol–water partition coefficient (Wildman–Crippen LogP) is 2.15. The van der Waals surface area contributed by atoms with Crippen molar-refractivity contribution in [3.8, 4) is 11.4 Å². The van der Waals surface area contributed by atoms with Gasteiger partial charge in [0, 0.05) is 12.1 Å². The molecular formula is C19H17ClN4O4. The number of carbonyl (C=O) groups excluding carboxylic acids is 1. The highest BCUT2D eigenvalue weighted by Crippen LogP contribution is 2.27. The molecule has 3 rings (SSSR count). The Hall–Kier alpha value is -3.39. The van der Waals surface area contributed by atoms with Crippen molar-refractivity contribution in [2.24, 2.45) is 7.05 Å². The lowest BCUT2D eigenvalue weighted by Gasteiger charge is -2.12. The van der Waals surface area contributed by atoms with Gasteiger partial charge in [-0.25, -0.2) is 4.79 Å². The number of nitrogens with one attached hydrogen (secondary N) is 1. The Labute approximate surface area is 165 Å². The molecule has 0 aliphatic carbocycles. The fourth-order valence-corrected chi connectivity index (χ4v) is 2.70. The quantitative estimate of drug-likeness (QED) is 0.724. The number of hydrogen-bond acceptors (Lipinski definition) is 5. The van der Waals surface area contributed by atoms with E-state index in [0.29, 0.717) is 16.5 Å². The Bertz CT molecular complexity index is 1170. The summed E-state index contributed by atoms with van der Waals surface area (Å²) in [7, 11) is 2.72. The second-order valence-corrected chi connectivity index (χ2v) is 6.48. The van der Waals surface area contributed by atoms with E-state index in [9.17, 15) is 14.4 Å². The Balaban J connectivity index is 2.08. The number of benzene rings is 2. The van der Waals surface area contributed by atoms with Gasteiger partial charge in [0.05, 0.1) is 18.5 Å². The summed E-state index contributed by atoms with van der Waals surface area (Å²) in [5.74, 6) is -0.427. The van der Waals surface area contributed by atoms with Crippen molar-refractivity contribution in [2.75, 3.05) is 12.4 Å². The van der Waals surface area contributed by atoms with Gasteiger partial charge >= 0.3 is 5.69 Å². The molecule has 144 valence electrons. The fourth-order valence-electron chi connectivity index (χ4n) is 2.53. The summed E-state index contributed by atoms with van der Waals surface area (Å²) in [4.78, 5) is 37.6.